The van der Waals surface area contributed by atoms with Gasteiger partial charge in [-0.25, -0.2) is 0 Å². The van der Waals surface area contributed by atoms with Crippen molar-refractivity contribution in [3.05, 3.63) is 35.7 Å². The average molecular weight is 301 g/mol. The number of carbonyl (C=O) groups excluding carboxylic acids is 1. The molecule has 0 radical (unpaired) electrons. The number of aryl methyl sites for hydroxylation is 1. The number of ketones is 1. The smallest absolute Gasteiger partial charge is 0.196 e. The minimum Gasteiger partial charge on any atom is -0.306 e. The Bertz CT molecular complexity index is 633. The zero-order valence-electron chi connectivity index (χ0n) is 12.2. The molecule has 0 unspecified atom stereocenters. The number of benzene rings is 1. The van der Waals surface area contributed by atoms with Gasteiger partial charge in [0.1, 0.15) is 5.82 Å². The summed E-state index contributed by atoms with van der Waals surface area (Å²) in [7, 11) is 0. The van der Waals surface area contributed by atoms with Crippen LogP contribution < -0.4 is 0 Å². The van der Waals surface area contributed by atoms with Crippen molar-refractivity contribution in [1.29, 1.82) is 0 Å². The van der Waals surface area contributed by atoms with Crippen LogP contribution in [0.15, 0.2) is 34.3 Å². The van der Waals surface area contributed by atoms with Gasteiger partial charge in [-0.3, -0.25) is 4.79 Å². The monoisotopic (exact) mass is 301 g/mol. The van der Waals surface area contributed by atoms with Crippen molar-refractivity contribution in [2.24, 2.45) is 0 Å². The molecular formula is C16H19N3OS. The Morgan fingerprint density at radius 2 is 2.00 bits per heavy atom. The number of hydrogen-bond acceptors (Lipinski definition) is 4. The first-order valence-corrected chi connectivity index (χ1v) is 8.33. The van der Waals surface area contributed by atoms with Gasteiger partial charge in [0, 0.05) is 29.8 Å². The lowest BCUT2D eigenvalue weighted by molar-refractivity contribution is 0.0988. The molecule has 3 rings (SSSR count). The van der Waals surface area contributed by atoms with Gasteiger partial charge >= 0.3 is 0 Å². The van der Waals surface area contributed by atoms with Gasteiger partial charge in [0.15, 0.2) is 10.9 Å². The Morgan fingerprint density at radius 3 is 2.76 bits per heavy atom. The third-order valence-corrected chi connectivity index (χ3v) is 4.77. The Morgan fingerprint density at radius 1 is 1.19 bits per heavy atom. The van der Waals surface area contributed by atoms with Crippen LogP contribution in [-0.2, 0) is 13.0 Å². The molecule has 1 aromatic carbocycles. The van der Waals surface area contributed by atoms with Crippen molar-refractivity contribution in [2.75, 3.05) is 0 Å². The minimum absolute atomic E-state index is 0.183. The lowest BCUT2D eigenvalue weighted by atomic mass is 10.1. The molecule has 2 aromatic rings. The lowest BCUT2D eigenvalue weighted by Gasteiger charge is -2.06. The van der Waals surface area contributed by atoms with Gasteiger partial charge in [-0.1, -0.05) is 25.5 Å². The maximum atomic E-state index is 11.6. The van der Waals surface area contributed by atoms with Crippen LogP contribution >= 0.6 is 11.8 Å². The van der Waals surface area contributed by atoms with Crippen molar-refractivity contribution in [3.63, 3.8) is 0 Å². The van der Waals surface area contributed by atoms with Crippen LogP contribution in [0.4, 0.5) is 0 Å². The van der Waals surface area contributed by atoms with E-state index in [9.17, 15) is 4.79 Å². The van der Waals surface area contributed by atoms with E-state index >= 15 is 0 Å². The number of nitrogens with zero attached hydrogens (tertiary/aromatic N) is 3. The van der Waals surface area contributed by atoms with Crippen LogP contribution in [-0.4, -0.2) is 20.5 Å². The summed E-state index contributed by atoms with van der Waals surface area (Å²) in [5.41, 5.74) is 0.780. The summed E-state index contributed by atoms with van der Waals surface area (Å²) in [5.74, 6) is 1.29. The standard InChI is InChI=1S/C16H19N3OS/c1-2-14(20)12-7-9-13(10-8-12)21-16-18-17-15-6-4-3-5-11-19(15)16/h7-10H,2-6,11H2,1H3. The van der Waals surface area contributed by atoms with Gasteiger partial charge in [0.05, 0.1) is 0 Å². The predicted octanol–water partition coefficient (Wildman–Crippen LogP) is 3.75. The number of carbonyl (C=O) groups is 1. The van der Waals surface area contributed by atoms with E-state index in [2.05, 4.69) is 14.8 Å². The van der Waals surface area contributed by atoms with E-state index in [0.717, 1.165) is 34.4 Å². The molecule has 0 atom stereocenters. The molecule has 0 bridgehead atoms. The molecule has 1 aliphatic heterocycles. The van der Waals surface area contributed by atoms with Crippen molar-refractivity contribution < 1.29 is 4.79 Å². The zero-order valence-corrected chi connectivity index (χ0v) is 13.0. The third-order valence-electron chi connectivity index (χ3n) is 3.78. The van der Waals surface area contributed by atoms with Gasteiger partial charge < -0.3 is 4.57 Å². The molecule has 5 heteroatoms. The fourth-order valence-electron chi connectivity index (χ4n) is 2.55. The SMILES string of the molecule is CCC(=O)c1ccc(Sc2nnc3n2CCCCC3)cc1. The molecule has 110 valence electrons. The summed E-state index contributed by atoms with van der Waals surface area (Å²) in [5, 5.41) is 9.59. The molecular weight excluding hydrogens is 282 g/mol. The van der Waals surface area contributed by atoms with E-state index in [0.29, 0.717) is 6.42 Å². The lowest BCUT2D eigenvalue weighted by Crippen LogP contribution is -2.02. The van der Waals surface area contributed by atoms with Crippen LogP contribution in [0.5, 0.6) is 0 Å². The Balaban J connectivity index is 1.78. The second-order valence-electron chi connectivity index (χ2n) is 5.26. The zero-order chi connectivity index (χ0) is 14.7. The molecule has 0 fully saturated rings. The molecule has 1 aromatic heterocycles. The van der Waals surface area contributed by atoms with E-state index in [-0.39, 0.29) is 5.78 Å². The van der Waals surface area contributed by atoms with Crippen LogP contribution in [0.1, 0.15) is 48.8 Å². The van der Waals surface area contributed by atoms with Gasteiger partial charge in [0.25, 0.3) is 0 Å². The predicted molar refractivity (Wildman–Crippen MR) is 82.8 cm³/mol. The average Bonchev–Trinajstić information content (AvgIpc) is 2.75. The number of fused-ring (bicyclic) bond motifs is 1. The molecule has 0 spiro atoms. The summed E-state index contributed by atoms with van der Waals surface area (Å²) < 4.78 is 2.24. The fraction of sp³-hybridized carbons (Fsp3) is 0.438. The summed E-state index contributed by atoms with van der Waals surface area (Å²) in [6.07, 6.45) is 5.24. The third kappa shape index (κ3) is 3.18. The number of hydrogen-bond donors (Lipinski definition) is 0. The topological polar surface area (TPSA) is 47.8 Å². The molecule has 2 heterocycles. The fourth-order valence-corrected chi connectivity index (χ4v) is 3.42. The van der Waals surface area contributed by atoms with E-state index in [4.69, 9.17) is 0 Å². The molecule has 21 heavy (non-hydrogen) atoms. The van der Waals surface area contributed by atoms with Crippen molar-refractivity contribution >= 4 is 17.5 Å². The Labute approximate surface area is 129 Å². The van der Waals surface area contributed by atoms with Crippen molar-refractivity contribution in [2.45, 2.75) is 55.6 Å². The number of Topliss-reactive ketones (excluding diaryl/α,β-unsaturated/α-hetero) is 1. The molecule has 0 amide bonds. The van der Waals surface area contributed by atoms with Crippen LogP contribution in [0.25, 0.3) is 0 Å². The number of aromatic nitrogens is 3. The van der Waals surface area contributed by atoms with Gasteiger partial charge in [0.2, 0.25) is 0 Å². The summed E-state index contributed by atoms with van der Waals surface area (Å²) in [6, 6.07) is 7.78. The highest BCUT2D eigenvalue weighted by molar-refractivity contribution is 7.99. The maximum Gasteiger partial charge on any atom is 0.196 e. The van der Waals surface area contributed by atoms with Crippen molar-refractivity contribution in [1.82, 2.24) is 14.8 Å². The van der Waals surface area contributed by atoms with Crippen LogP contribution in [0, 0.1) is 0 Å². The largest absolute Gasteiger partial charge is 0.306 e. The minimum atomic E-state index is 0.183. The first kappa shape index (κ1) is 14.3. The van der Waals surface area contributed by atoms with Crippen LogP contribution in [0.3, 0.4) is 0 Å². The highest BCUT2D eigenvalue weighted by Crippen LogP contribution is 2.28. The maximum absolute atomic E-state index is 11.6. The van der Waals surface area contributed by atoms with E-state index in [1.165, 1.54) is 19.3 Å². The molecule has 1 aliphatic rings. The highest BCUT2D eigenvalue weighted by Gasteiger charge is 2.15. The van der Waals surface area contributed by atoms with Gasteiger partial charge in [-0.2, -0.15) is 0 Å². The molecule has 0 saturated heterocycles. The van der Waals surface area contributed by atoms with E-state index in [1.807, 2.05) is 31.2 Å². The normalized spacial score (nSPS) is 14.5. The quantitative estimate of drug-likeness (QED) is 0.807. The Kier molecular flexibility index (Phi) is 4.39. The van der Waals surface area contributed by atoms with E-state index < -0.39 is 0 Å². The summed E-state index contributed by atoms with van der Waals surface area (Å²) in [4.78, 5) is 12.7. The summed E-state index contributed by atoms with van der Waals surface area (Å²) >= 11 is 1.62. The number of rotatable bonds is 4. The summed E-state index contributed by atoms with van der Waals surface area (Å²) in [6.45, 7) is 2.90. The Hall–Kier alpha value is -1.62. The molecule has 0 N–H and O–H groups in total. The molecule has 4 nitrogen and oxygen atoms in total. The van der Waals surface area contributed by atoms with Crippen LogP contribution in [0.2, 0.25) is 0 Å². The second-order valence-corrected chi connectivity index (χ2v) is 6.30. The second kappa shape index (κ2) is 6.43. The van der Waals surface area contributed by atoms with E-state index in [1.54, 1.807) is 11.8 Å². The van der Waals surface area contributed by atoms with Crippen molar-refractivity contribution in [3.8, 4) is 0 Å². The van der Waals surface area contributed by atoms with Gasteiger partial charge in [-0.15, -0.1) is 10.2 Å². The first-order chi connectivity index (χ1) is 10.3. The molecule has 0 aliphatic carbocycles. The molecule has 0 saturated carbocycles. The first-order valence-electron chi connectivity index (χ1n) is 7.51. The highest BCUT2D eigenvalue weighted by atomic mass is 32.2. The van der Waals surface area contributed by atoms with Gasteiger partial charge in [-0.05, 0) is 36.7 Å².